The monoisotopic (exact) mass is 341 g/mol. The molecule has 0 saturated heterocycles. The standard InChI is InChI=1S/C17H28BrNO/c1-5-10-19-13(4)16-9-8-15(18)11-17(16)20-12-14(6-2)7-3/h8-9,11,13-14,19H,5-7,10,12H2,1-4H3. The minimum absolute atomic E-state index is 0.319. The molecule has 0 radical (unpaired) electrons. The quantitative estimate of drug-likeness (QED) is 0.655. The lowest BCUT2D eigenvalue weighted by atomic mass is 10.0. The Morgan fingerprint density at radius 2 is 1.90 bits per heavy atom. The molecule has 0 spiro atoms. The Bertz CT molecular complexity index is 391. The zero-order valence-electron chi connectivity index (χ0n) is 13.2. The molecular weight excluding hydrogens is 314 g/mol. The van der Waals surface area contributed by atoms with Crippen molar-refractivity contribution >= 4 is 15.9 Å². The molecule has 0 heterocycles. The Kier molecular flexibility index (Phi) is 8.24. The highest BCUT2D eigenvalue weighted by molar-refractivity contribution is 9.10. The smallest absolute Gasteiger partial charge is 0.125 e. The summed E-state index contributed by atoms with van der Waals surface area (Å²) in [4.78, 5) is 0. The van der Waals surface area contributed by atoms with E-state index in [1.165, 1.54) is 18.4 Å². The van der Waals surface area contributed by atoms with Crippen molar-refractivity contribution < 1.29 is 4.74 Å². The van der Waals surface area contributed by atoms with Gasteiger partial charge in [-0.3, -0.25) is 0 Å². The van der Waals surface area contributed by atoms with E-state index in [1.807, 2.05) is 0 Å². The number of benzene rings is 1. The normalized spacial score (nSPS) is 12.7. The van der Waals surface area contributed by atoms with Gasteiger partial charge in [0.2, 0.25) is 0 Å². The van der Waals surface area contributed by atoms with E-state index in [4.69, 9.17) is 4.74 Å². The first kappa shape index (κ1) is 17.5. The highest BCUT2D eigenvalue weighted by Gasteiger charge is 2.13. The fraction of sp³-hybridized carbons (Fsp3) is 0.647. The van der Waals surface area contributed by atoms with E-state index in [1.54, 1.807) is 0 Å². The third kappa shape index (κ3) is 5.45. The summed E-state index contributed by atoms with van der Waals surface area (Å²) in [5.41, 5.74) is 1.24. The van der Waals surface area contributed by atoms with Crippen molar-refractivity contribution in [3.63, 3.8) is 0 Å². The number of ether oxygens (including phenoxy) is 1. The van der Waals surface area contributed by atoms with Crippen LogP contribution in [0.25, 0.3) is 0 Å². The largest absolute Gasteiger partial charge is 0.493 e. The molecule has 20 heavy (non-hydrogen) atoms. The van der Waals surface area contributed by atoms with Crippen LogP contribution >= 0.6 is 15.9 Å². The van der Waals surface area contributed by atoms with Gasteiger partial charge in [0, 0.05) is 16.1 Å². The zero-order chi connectivity index (χ0) is 15.0. The average molecular weight is 342 g/mol. The molecule has 0 saturated carbocycles. The molecule has 114 valence electrons. The van der Waals surface area contributed by atoms with E-state index in [0.717, 1.165) is 29.8 Å². The van der Waals surface area contributed by atoms with Crippen LogP contribution in [0.5, 0.6) is 5.75 Å². The van der Waals surface area contributed by atoms with Crippen LogP contribution in [0.2, 0.25) is 0 Å². The van der Waals surface area contributed by atoms with Crippen LogP contribution < -0.4 is 10.1 Å². The predicted octanol–water partition coefficient (Wildman–Crippen LogP) is 5.32. The topological polar surface area (TPSA) is 21.3 Å². The van der Waals surface area contributed by atoms with Gasteiger partial charge in [-0.1, -0.05) is 55.6 Å². The summed E-state index contributed by atoms with van der Waals surface area (Å²) in [6, 6.07) is 6.64. The summed E-state index contributed by atoms with van der Waals surface area (Å²) >= 11 is 3.54. The minimum Gasteiger partial charge on any atom is -0.493 e. The summed E-state index contributed by atoms with van der Waals surface area (Å²) < 4.78 is 7.17. The van der Waals surface area contributed by atoms with Gasteiger partial charge in [0.15, 0.2) is 0 Å². The number of halogens is 1. The molecule has 0 aromatic heterocycles. The van der Waals surface area contributed by atoms with Crippen LogP contribution in [0.3, 0.4) is 0 Å². The second-order valence-electron chi connectivity index (χ2n) is 5.35. The van der Waals surface area contributed by atoms with Crippen molar-refractivity contribution in [3.05, 3.63) is 28.2 Å². The van der Waals surface area contributed by atoms with Crippen molar-refractivity contribution in [3.8, 4) is 5.75 Å². The van der Waals surface area contributed by atoms with Crippen LogP contribution in [0, 0.1) is 5.92 Å². The molecule has 0 amide bonds. The number of rotatable bonds is 9. The highest BCUT2D eigenvalue weighted by Crippen LogP contribution is 2.29. The first-order valence-electron chi connectivity index (χ1n) is 7.77. The maximum absolute atomic E-state index is 6.09. The van der Waals surface area contributed by atoms with E-state index in [-0.39, 0.29) is 0 Å². The lowest BCUT2D eigenvalue weighted by Crippen LogP contribution is -2.20. The fourth-order valence-corrected chi connectivity index (χ4v) is 2.53. The number of nitrogens with one attached hydrogen (secondary N) is 1. The Balaban J connectivity index is 2.78. The lowest BCUT2D eigenvalue weighted by molar-refractivity contribution is 0.237. The summed E-state index contributed by atoms with van der Waals surface area (Å²) in [5.74, 6) is 1.64. The molecule has 1 aromatic carbocycles. The van der Waals surface area contributed by atoms with Crippen molar-refractivity contribution in [2.24, 2.45) is 5.92 Å². The van der Waals surface area contributed by atoms with Crippen LogP contribution in [0.1, 0.15) is 58.6 Å². The van der Waals surface area contributed by atoms with Gasteiger partial charge in [0.25, 0.3) is 0 Å². The SMILES string of the molecule is CCCNC(C)c1ccc(Br)cc1OCC(CC)CC. The molecule has 0 fully saturated rings. The Hall–Kier alpha value is -0.540. The van der Waals surface area contributed by atoms with Crippen molar-refractivity contribution in [2.45, 2.75) is 53.0 Å². The fourth-order valence-electron chi connectivity index (χ4n) is 2.19. The zero-order valence-corrected chi connectivity index (χ0v) is 14.8. The van der Waals surface area contributed by atoms with Crippen LogP contribution in [0.15, 0.2) is 22.7 Å². The van der Waals surface area contributed by atoms with Gasteiger partial charge in [0.1, 0.15) is 5.75 Å². The molecule has 2 nitrogen and oxygen atoms in total. The molecule has 1 atom stereocenters. The molecule has 1 aromatic rings. The third-order valence-electron chi connectivity index (χ3n) is 3.77. The second kappa shape index (κ2) is 9.41. The Morgan fingerprint density at radius 3 is 2.50 bits per heavy atom. The van der Waals surface area contributed by atoms with E-state index >= 15 is 0 Å². The van der Waals surface area contributed by atoms with E-state index < -0.39 is 0 Å². The van der Waals surface area contributed by atoms with E-state index in [2.05, 4.69) is 67.1 Å². The molecule has 1 unspecified atom stereocenters. The van der Waals surface area contributed by atoms with Crippen LogP contribution in [-0.2, 0) is 0 Å². The number of hydrogen-bond acceptors (Lipinski definition) is 2. The van der Waals surface area contributed by atoms with Crippen molar-refractivity contribution in [1.82, 2.24) is 5.32 Å². The van der Waals surface area contributed by atoms with Gasteiger partial charge < -0.3 is 10.1 Å². The summed E-state index contributed by atoms with van der Waals surface area (Å²) in [5, 5.41) is 3.53. The molecular formula is C17H28BrNO. The maximum Gasteiger partial charge on any atom is 0.125 e. The summed E-state index contributed by atoms with van der Waals surface area (Å²) in [7, 11) is 0. The van der Waals surface area contributed by atoms with Crippen molar-refractivity contribution in [2.75, 3.05) is 13.2 Å². The Morgan fingerprint density at radius 1 is 1.20 bits per heavy atom. The molecule has 0 aliphatic rings. The van der Waals surface area contributed by atoms with Gasteiger partial charge in [-0.15, -0.1) is 0 Å². The first-order valence-corrected chi connectivity index (χ1v) is 8.57. The molecule has 1 rings (SSSR count). The van der Waals surface area contributed by atoms with Gasteiger partial charge >= 0.3 is 0 Å². The first-order chi connectivity index (χ1) is 9.62. The third-order valence-corrected chi connectivity index (χ3v) is 4.27. The average Bonchev–Trinajstić information content (AvgIpc) is 2.46. The minimum atomic E-state index is 0.319. The molecule has 0 bridgehead atoms. The summed E-state index contributed by atoms with van der Waals surface area (Å²) in [6.45, 7) is 10.7. The molecule has 1 N–H and O–H groups in total. The maximum atomic E-state index is 6.09. The molecule has 3 heteroatoms. The molecule has 0 aliphatic heterocycles. The predicted molar refractivity (Wildman–Crippen MR) is 90.4 cm³/mol. The lowest BCUT2D eigenvalue weighted by Gasteiger charge is -2.20. The van der Waals surface area contributed by atoms with Gasteiger partial charge in [0.05, 0.1) is 6.61 Å². The second-order valence-corrected chi connectivity index (χ2v) is 6.27. The van der Waals surface area contributed by atoms with E-state index in [0.29, 0.717) is 12.0 Å². The van der Waals surface area contributed by atoms with Gasteiger partial charge in [-0.25, -0.2) is 0 Å². The highest BCUT2D eigenvalue weighted by atomic mass is 79.9. The number of hydrogen-bond donors (Lipinski definition) is 1. The van der Waals surface area contributed by atoms with Gasteiger partial charge in [-0.05, 0) is 37.9 Å². The van der Waals surface area contributed by atoms with E-state index in [9.17, 15) is 0 Å². The van der Waals surface area contributed by atoms with Gasteiger partial charge in [-0.2, -0.15) is 0 Å². The summed E-state index contributed by atoms with van der Waals surface area (Å²) in [6.07, 6.45) is 3.48. The van der Waals surface area contributed by atoms with Crippen LogP contribution in [-0.4, -0.2) is 13.2 Å². The van der Waals surface area contributed by atoms with Crippen molar-refractivity contribution in [1.29, 1.82) is 0 Å². The molecule has 0 aliphatic carbocycles. The van der Waals surface area contributed by atoms with Crippen LogP contribution in [0.4, 0.5) is 0 Å². The Labute approximate surface area is 132 Å².